The summed E-state index contributed by atoms with van der Waals surface area (Å²) in [5.41, 5.74) is 0.141. The molecule has 1 amide bonds. The van der Waals surface area contributed by atoms with Gasteiger partial charge in [0.25, 0.3) is 15.9 Å². The minimum Gasteiger partial charge on any atom is -0.379 e. The zero-order valence-electron chi connectivity index (χ0n) is 18.9. The van der Waals surface area contributed by atoms with Gasteiger partial charge in [0, 0.05) is 23.8 Å². The van der Waals surface area contributed by atoms with Crippen LogP contribution in [0.1, 0.15) is 10.4 Å². The van der Waals surface area contributed by atoms with Crippen LogP contribution in [0.15, 0.2) is 70.5 Å². The zero-order valence-corrected chi connectivity index (χ0v) is 22.8. The Morgan fingerprint density at radius 1 is 0.865 bits per heavy atom. The minimum absolute atomic E-state index is 0.0654. The third-order valence-electron chi connectivity index (χ3n) is 5.38. The number of rotatable bonds is 7. The van der Waals surface area contributed by atoms with Crippen molar-refractivity contribution in [3.05, 3.63) is 81.3 Å². The van der Waals surface area contributed by atoms with Crippen LogP contribution in [0.25, 0.3) is 0 Å². The summed E-state index contributed by atoms with van der Waals surface area (Å²) in [4.78, 5) is 12.8. The van der Waals surface area contributed by atoms with Crippen molar-refractivity contribution in [2.24, 2.45) is 0 Å². The second-order valence-electron chi connectivity index (χ2n) is 7.84. The summed E-state index contributed by atoms with van der Waals surface area (Å²) in [6, 6.07) is 13.9. The van der Waals surface area contributed by atoms with Crippen molar-refractivity contribution in [1.82, 2.24) is 4.31 Å². The van der Waals surface area contributed by atoms with Gasteiger partial charge in [0.05, 0.1) is 39.4 Å². The highest BCUT2D eigenvalue weighted by molar-refractivity contribution is 7.93. The second-order valence-corrected chi connectivity index (χ2v) is 12.6. The van der Waals surface area contributed by atoms with Crippen LogP contribution >= 0.6 is 34.8 Å². The maximum absolute atomic E-state index is 13.1. The Morgan fingerprint density at radius 2 is 1.49 bits per heavy atom. The molecule has 0 atom stereocenters. The van der Waals surface area contributed by atoms with Crippen LogP contribution in [0.5, 0.6) is 0 Å². The van der Waals surface area contributed by atoms with Crippen LogP contribution in [0, 0.1) is 0 Å². The van der Waals surface area contributed by atoms with Crippen LogP contribution in [-0.4, -0.2) is 53.4 Å². The van der Waals surface area contributed by atoms with Crippen molar-refractivity contribution in [1.29, 1.82) is 0 Å². The zero-order chi connectivity index (χ0) is 26.8. The molecule has 2 N–H and O–H groups in total. The number of morpholine rings is 1. The number of nitrogens with zero attached hydrogens (tertiary/aromatic N) is 1. The number of anilines is 2. The van der Waals surface area contributed by atoms with E-state index in [-0.39, 0.29) is 54.9 Å². The number of sulfonamides is 2. The highest BCUT2D eigenvalue weighted by Gasteiger charge is 2.27. The largest absolute Gasteiger partial charge is 0.379 e. The number of benzene rings is 3. The quantitative estimate of drug-likeness (QED) is 0.403. The van der Waals surface area contributed by atoms with Gasteiger partial charge >= 0.3 is 0 Å². The molecule has 0 radical (unpaired) electrons. The SMILES string of the molecule is O=C(Nc1ccc(S(=O)(=O)N2CCOCC2)cc1)c1cc(Cl)ccc1NS(=O)(=O)c1c(Cl)cccc1Cl. The molecule has 14 heteroatoms. The molecule has 9 nitrogen and oxygen atoms in total. The lowest BCUT2D eigenvalue weighted by Gasteiger charge is -2.26. The summed E-state index contributed by atoms with van der Waals surface area (Å²) < 4.78 is 60.5. The lowest BCUT2D eigenvalue weighted by atomic mass is 10.1. The first-order valence-electron chi connectivity index (χ1n) is 10.7. The van der Waals surface area contributed by atoms with Gasteiger partial charge in [0.1, 0.15) is 4.90 Å². The van der Waals surface area contributed by atoms with Crippen LogP contribution in [-0.2, 0) is 24.8 Å². The van der Waals surface area contributed by atoms with Crippen molar-refractivity contribution in [3.8, 4) is 0 Å². The highest BCUT2D eigenvalue weighted by atomic mass is 35.5. The number of halogens is 3. The number of amides is 1. The van der Waals surface area contributed by atoms with Gasteiger partial charge in [0.2, 0.25) is 10.0 Å². The van der Waals surface area contributed by atoms with Crippen molar-refractivity contribution in [3.63, 3.8) is 0 Å². The molecular weight excluding hydrogens is 585 g/mol. The average molecular weight is 605 g/mol. The first-order chi connectivity index (χ1) is 17.5. The normalized spacial score (nSPS) is 14.8. The standard InChI is InChI=1S/C23H20Cl3N3O6S2/c24-15-4-9-21(28-36(31,32)22-19(25)2-1-3-20(22)26)18(14-15)23(30)27-16-5-7-17(8-6-16)37(33,34)29-10-12-35-13-11-29/h1-9,14,28H,10-13H2,(H,27,30). The minimum atomic E-state index is -4.27. The van der Waals surface area contributed by atoms with Crippen molar-refractivity contribution in [2.45, 2.75) is 9.79 Å². The Bertz CT molecular complexity index is 1520. The molecule has 1 heterocycles. The molecule has 4 rings (SSSR count). The molecule has 196 valence electrons. The summed E-state index contributed by atoms with van der Waals surface area (Å²) in [6.45, 7) is 1.16. The fraction of sp³-hybridized carbons (Fsp3) is 0.174. The van der Waals surface area contributed by atoms with E-state index in [9.17, 15) is 21.6 Å². The Balaban J connectivity index is 1.57. The Labute approximate surface area is 229 Å². The van der Waals surface area contributed by atoms with Gasteiger partial charge in [0.15, 0.2) is 0 Å². The van der Waals surface area contributed by atoms with Crippen LogP contribution in [0.4, 0.5) is 11.4 Å². The van der Waals surface area contributed by atoms with Gasteiger partial charge in [-0.3, -0.25) is 9.52 Å². The molecule has 1 fully saturated rings. The van der Waals surface area contributed by atoms with E-state index in [2.05, 4.69) is 10.0 Å². The van der Waals surface area contributed by atoms with Gasteiger partial charge in [-0.05, 0) is 54.6 Å². The van der Waals surface area contributed by atoms with Gasteiger partial charge in [-0.15, -0.1) is 0 Å². The van der Waals surface area contributed by atoms with E-state index in [1.807, 2.05) is 0 Å². The molecular formula is C23H20Cl3N3O6S2. The Morgan fingerprint density at radius 3 is 2.11 bits per heavy atom. The van der Waals surface area contributed by atoms with Gasteiger partial charge in [-0.1, -0.05) is 40.9 Å². The Hall–Kier alpha value is -2.38. The molecule has 0 bridgehead atoms. The summed E-state index contributed by atoms with van der Waals surface area (Å²) in [7, 11) is -7.97. The molecule has 0 aromatic heterocycles. The predicted octanol–water partition coefficient (Wildman–Crippen LogP) is 4.72. The third kappa shape index (κ3) is 6.20. The number of hydrogen-bond donors (Lipinski definition) is 2. The molecule has 1 aliphatic rings. The van der Waals surface area contributed by atoms with E-state index in [0.717, 1.165) is 0 Å². The molecule has 37 heavy (non-hydrogen) atoms. The van der Waals surface area contributed by atoms with Crippen molar-refractivity contribution < 1.29 is 26.4 Å². The van der Waals surface area contributed by atoms with Gasteiger partial charge in [-0.25, -0.2) is 16.8 Å². The summed E-state index contributed by atoms with van der Waals surface area (Å²) >= 11 is 18.2. The molecule has 0 aliphatic carbocycles. The number of carbonyl (C=O) groups is 1. The maximum Gasteiger partial charge on any atom is 0.264 e. The number of hydrogen-bond acceptors (Lipinski definition) is 6. The van der Waals surface area contributed by atoms with Crippen molar-refractivity contribution in [2.75, 3.05) is 36.3 Å². The van der Waals surface area contributed by atoms with E-state index in [1.165, 1.54) is 65.0 Å². The van der Waals surface area contributed by atoms with Gasteiger partial charge < -0.3 is 10.1 Å². The maximum atomic E-state index is 13.1. The highest BCUT2D eigenvalue weighted by Crippen LogP contribution is 2.32. The lowest BCUT2D eigenvalue weighted by Crippen LogP contribution is -2.40. The fourth-order valence-corrected chi connectivity index (χ4v) is 7.38. The molecule has 1 aliphatic heterocycles. The third-order valence-corrected chi connectivity index (χ3v) is 9.85. The topological polar surface area (TPSA) is 122 Å². The number of ether oxygens (including phenoxy) is 1. The average Bonchev–Trinajstić information content (AvgIpc) is 2.85. The first kappa shape index (κ1) is 27.6. The van der Waals surface area contributed by atoms with E-state index in [1.54, 1.807) is 0 Å². The van der Waals surface area contributed by atoms with Crippen LogP contribution < -0.4 is 10.0 Å². The monoisotopic (exact) mass is 603 g/mol. The van der Waals surface area contributed by atoms with E-state index in [4.69, 9.17) is 39.5 Å². The summed E-state index contributed by atoms with van der Waals surface area (Å²) in [6.07, 6.45) is 0. The van der Waals surface area contributed by atoms with Crippen LogP contribution in [0.2, 0.25) is 15.1 Å². The Kier molecular flexibility index (Phi) is 8.34. The summed E-state index contributed by atoms with van der Waals surface area (Å²) in [5, 5.41) is 2.63. The first-order valence-corrected chi connectivity index (χ1v) is 14.8. The molecule has 1 saturated heterocycles. The fourth-order valence-electron chi connectivity index (χ4n) is 3.57. The number of nitrogens with one attached hydrogen (secondary N) is 2. The second kappa shape index (κ2) is 11.2. The summed E-state index contributed by atoms with van der Waals surface area (Å²) in [5.74, 6) is -0.686. The van der Waals surface area contributed by atoms with Gasteiger partial charge in [-0.2, -0.15) is 4.31 Å². The van der Waals surface area contributed by atoms with E-state index in [0.29, 0.717) is 13.2 Å². The van der Waals surface area contributed by atoms with E-state index < -0.39 is 26.0 Å². The molecule has 3 aromatic carbocycles. The molecule has 0 unspecified atom stereocenters. The number of carbonyl (C=O) groups excluding carboxylic acids is 1. The molecule has 0 saturated carbocycles. The van der Waals surface area contributed by atoms with Crippen LogP contribution in [0.3, 0.4) is 0 Å². The smallest absolute Gasteiger partial charge is 0.264 e. The lowest BCUT2D eigenvalue weighted by molar-refractivity contribution is 0.0730. The van der Waals surface area contributed by atoms with E-state index >= 15 is 0 Å². The van der Waals surface area contributed by atoms with Crippen molar-refractivity contribution >= 4 is 72.1 Å². The molecule has 0 spiro atoms. The molecule has 3 aromatic rings. The predicted molar refractivity (Wildman–Crippen MR) is 143 cm³/mol.